The first kappa shape index (κ1) is 24.8. The highest BCUT2D eigenvalue weighted by Gasteiger charge is 2.12. The molecule has 34 heavy (non-hydrogen) atoms. The quantitative estimate of drug-likeness (QED) is 0.369. The molecule has 9 nitrogen and oxygen atoms in total. The number of nitrogens with one attached hydrogen (secondary N) is 4. The molecule has 0 aliphatic heterocycles. The van der Waals surface area contributed by atoms with Gasteiger partial charge in [-0.25, -0.2) is 4.79 Å². The van der Waals surface area contributed by atoms with E-state index in [1.54, 1.807) is 36.4 Å². The van der Waals surface area contributed by atoms with Crippen molar-refractivity contribution >= 4 is 40.8 Å². The normalized spacial score (nSPS) is 10.6. The predicted octanol–water partition coefficient (Wildman–Crippen LogP) is 3.80. The topological polar surface area (TPSA) is 116 Å². The number of carbonyl (C=O) groups excluding carboxylic acids is 3. The van der Waals surface area contributed by atoms with Crippen LogP contribution in [0.4, 0.5) is 16.2 Å². The molecule has 1 aromatic heterocycles. The second kappa shape index (κ2) is 11.9. The summed E-state index contributed by atoms with van der Waals surface area (Å²) in [6, 6.07) is 14.5. The third-order valence-electron chi connectivity index (χ3n) is 4.71. The van der Waals surface area contributed by atoms with Gasteiger partial charge in [0, 0.05) is 30.9 Å². The summed E-state index contributed by atoms with van der Waals surface area (Å²) in [5.41, 5.74) is 2.14. The third kappa shape index (κ3) is 7.36. The first-order valence-corrected chi connectivity index (χ1v) is 10.9. The molecule has 0 unspecified atom stereocenters. The number of nitrogens with zero attached hydrogens (tertiary/aromatic N) is 1. The van der Waals surface area contributed by atoms with Crippen LogP contribution in [0.1, 0.15) is 26.5 Å². The Morgan fingerprint density at radius 3 is 2.47 bits per heavy atom. The van der Waals surface area contributed by atoms with Gasteiger partial charge in [0.05, 0.1) is 17.0 Å². The zero-order chi connectivity index (χ0) is 24.5. The predicted molar refractivity (Wildman–Crippen MR) is 131 cm³/mol. The maximum atomic E-state index is 12.3. The van der Waals surface area contributed by atoms with Crippen molar-refractivity contribution in [3.8, 4) is 0 Å². The van der Waals surface area contributed by atoms with Gasteiger partial charge in [-0.05, 0) is 62.1 Å². The maximum Gasteiger partial charge on any atom is 0.319 e. The number of halogens is 1. The molecule has 0 spiro atoms. The third-order valence-corrected chi connectivity index (χ3v) is 5.02. The van der Waals surface area contributed by atoms with Crippen LogP contribution in [0.3, 0.4) is 0 Å². The van der Waals surface area contributed by atoms with E-state index in [4.69, 9.17) is 16.0 Å². The number of likely N-dealkylation sites (N-methyl/N-ethyl adjacent to an activating group) is 1. The highest BCUT2D eigenvalue weighted by atomic mass is 35.5. The molecule has 178 valence electrons. The summed E-state index contributed by atoms with van der Waals surface area (Å²) in [5.74, 6) is -0.436. The first-order valence-electron chi connectivity index (χ1n) is 10.5. The van der Waals surface area contributed by atoms with Crippen LogP contribution in [0.5, 0.6) is 0 Å². The van der Waals surface area contributed by atoms with Crippen molar-refractivity contribution in [3.05, 3.63) is 82.8 Å². The molecule has 0 atom stereocenters. The van der Waals surface area contributed by atoms with Crippen LogP contribution < -0.4 is 21.3 Å². The minimum atomic E-state index is -0.440. The Morgan fingerprint density at radius 2 is 1.76 bits per heavy atom. The average molecular weight is 484 g/mol. The van der Waals surface area contributed by atoms with E-state index in [0.29, 0.717) is 23.5 Å². The molecule has 3 rings (SSSR count). The van der Waals surface area contributed by atoms with Gasteiger partial charge in [-0.15, -0.1) is 0 Å². The molecule has 0 saturated heterocycles. The van der Waals surface area contributed by atoms with Crippen LogP contribution in [0.15, 0.2) is 65.3 Å². The number of benzene rings is 2. The summed E-state index contributed by atoms with van der Waals surface area (Å²) in [6.45, 7) is 1.52. The van der Waals surface area contributed by atoms with Gasteiger partial charge in [0.1, 0.15) is 0 Å². The number of carbonyl (C=O) groups is 3. The van der Waals surface area contributed by atoms with Gasteiger partial charge in [-0.2, -0.15) is 0 Å². The Balaban J connectivity index is 1.50. The largest absolute Gasteiger partial charge is 0.459 e. The van der Waals surface area contributed by atoms with E-state index in [1.807, 2.05) is 25.1 Å². The van der Waals surface area contributed by atoms with Crippen LogP contribution in [0.2, 0.25) is 5.02 Å². The lowest BCUT2D eigenvalue weighted by atomic mass is 10.1. The number of hydrogen-bond donors (Lipinski definition) is 4. The molecule has 2 aromatic carbocycles. The van der Waals surface area contributed by atoms with Crippen LogP contribution in [0, 0.1) is 0 Å². The van der Waals surface area contributed by atoms with Crippen molar-refractivity contribution in [2.24, 2.45) is 0 Å². The van der Waals surface area contributed by atoms with Crippen LogP contribution in [-0.4, -0.2) is 49.9 Å². The maximum absolute atomic E-state index is 12.3. The van der Waals surface area contributed by atoms with Crippen LogP contribution >= 0.6 is 11.6 Å². The van der Waals surface area contributed by atoms with E-state index in [9.17, 15) is 14.4 Å². The van der Waals surface area contributed by atoms with E-state index < -0.39 is 11.9 Å². The van der Waals surface area contributed by atoms with Crippen molar-refractivity contribution in [1.29, 1.82) is 0 Å². The second-order valence-corrected chi connectivity index (χ2v) is 8.10. The van der Waals surface area contributed by atoms with E-state index in [0.717, 1.165) is 12.1 Å². The molecule has 4 N–H and O–H groups in total. The van der Waals surface area contributed by atoms with Crippen molar-refractivity contribution in [1.82, 2.24) is 15.5 Å². The number of rotatable bonds is 9. The molecule has 3 aromatic rings. The zero-order valence-electron chi connectivity index (χ0n) is 18.9. The molecule has 0 bridgehead atoms. The zero-order valence-corrected chi connectivity index (χ0v) is 19.6. The van der Waals surface area contributed by atoms with Crippen LogP contribution in [0.25, 0.3) is 0 Å². The van der Waals surface area contributed by atoms with Gasteiger partial charge >= 0.3 is 6.03 Å². The van der Waals surface area contributed by atoms with Crippen LogP contribution in [-0.2, 0) is 6.54 Å². The van der Waals surface area contributed by atoms with E-state index in [-0.39, 0.29) is 23.2 Å². The molecule has 4 amide bonds. The van der Waals surface area contributed by atoms with Gasteiger partial charge in [0.15, 0.2) is 5.76 Å². The number of furan rings is 1. The highest BCUT2D eigenvalue weighted by molar-refractivity contribution is 6.34. The van der Waals surface area contributed by atoms with Gasteiger partial charge in [0.2, 0.25) is 0 Å². The number of amides is 4. The minimum Gasteiger partial charge on any atom is -0.459 e. The molecule has 0 aliphatic rings. The fourth-order valence-corrected chi connectivity index (χ4v) is 3.19. The molecule has 0 saturated carbocycles. The van der Waals surface area contributed by atoms with E-state index in [2.05, 4.69) is 21.3 Å². The Labute approximate surface area is 202 Å². The monoisotopic (exact) mass is 483 g/mol. The van der Waals surface area contributed by atoms with E-state index in [1.165, 1.54) is 18.4 Å². The van der Waals surface area contributed by atoms with Crippen molar-refractivity contribution in [3.63, 3.8) is 0 Å². The highest BCUT2D eigenvalue weighted by Crippen LogP contribution is 2.26. The minimum absolute atomic E-state index is 0.160. The lowest BCUT2D eigenvalue weighted by Gasteiger charge is -2.12. The molecular weight excluding hydrogens is 458 g/mol. The van der Waals surface area contributed by atoms with Crippen molar-refractivity contribution in [2.75, 3.05) is 37.8 Å². The molecule has 10 heteroatoms. The Morgan fingerprint density at radius 1 is 0.941 bits per heavy atom. The fraction of sp³-hybridized carbons (Fsp3) is 0.208. The number of urea groups is 1. The number of anilines is 2. The van der Waals surface area contributed by atoms with Crippen molar-refractivity contribution in [2.45, 2.75) is 6.54 Å². The molecular formula is C24H26ClN5O4. The lowest BCUT2D eigenvalue weighted by molar-refractivity contribution is 0.0949. The summed E-state index contributed by atoms with van der Waals surface area (Å²) in [5, 5.41) is 11.2. The fourth-order valence-electron chi connectivity index (χ4n) is 2.96. The average Bonchev–Trinajstić information content (AvgIpc) is 3.34. The summed E-state index contributed by atoms with van der Waals surface area (Å²) in [7, 11) is 3.87. The summed E-state index contributed by atoms with van der Waals surface area (Å²) < 4.78 is 5.05. The second-order valence-electron chi connectivity index (χ2n) is 7.69. The SMILES string of the molecule is CN(C)CCNC(=O)c1cccc(CNC(=O)Nc2ccc(NC(=O)c3ccco3)c(Cl)c2)c1. The summed E-state index contributed by atoms with van der Waals surface area (Å²) in [4.78, 5) is 38.7. The summed E-state index contributed by atoms with van der Waals surface area (Å²) in [6.07, 6.45) is 1.40. The molecule has 1 heterocycles. The lowest BCUT2D eigenvalue weighted by Crippen LogP contribution is -2.31. The number of hydrogen-bond acceptors (Lipinski definition) is 5. The van der Waals surface area contributed by atoms with E-state index >= 15 is 0 Å². The standard InChI is InChI=1S/C24H26ClN5O4/c1-30(2)11-10-26-22(31)17-6-3-5-16(13-17)15-27-24(33)28-18-8-9-20(19(25)14-18)29-23(32)21-7-4-12-34-21/h3-9,12-14H,10-11,15H2,1-2H3,(H,26,31)(H,29,32)(H2,27,28,33). The van der Waals surface area contributed by atoms with Gasteiger partial charge in [-0.3, -0.25) is 9.59 Å². The van der Waals surface area contributed by atoms with Gasteiger partial charge in [-0.1, -0.05) is 23.7 Å². The van der Waals surface area contributed by atoms with Gasteiger partial charge < -0.3 is 30.6 Å². The molecule has 0 radical (unpaired) electrons. The summed E-state index contributed by atoms with van der Waals surface area (Å²) >= 11 is 6.23. The van der Waals surface area contributed by atoms with Crippen molar-refractivity contribution < 1.29 is 18.8 Å². The Kier molecular flexibility index (Phi) is 8.66. The molecule has 0 fully saturated rings. The smallest absolute Gasteiger partial charge is 0.319 e. The van der Waals surface area contributed by atoms with Gasteiger partial charge in [0.25, 0.3) is 11.8 Å². The molecule has 0 aliphatic carbocycles. The first-order chi connectivity index (χ1) is 16.3. The Bertz CT molecular complexity index is 1150. The Hall–Kier alpha value is -3.82.